The van der Waals surface area contributed by atoms with Crippen molar-refractivity contribution in [3.05, 3.63) is 83.4 Å². The summed E-state index contributed by atoms with van der Waals surface area (Å²) in [4.78, 5) is 10.8. The third kappa shape index (κ3) is 3.24. The number of methoxy groups -OCH3 is 1. The minimum atomic E-state index is 0.417. The summed E-state index contributed by atoms with van der Waals surface area (Å²) in [6.45, 7) is 0.417. The van der Waals surface area contributed by atoms with Gasteiger partial charge in [0.25, 0.3) is 0 Å². The van der Waals surface area contributed by atoms with Crippen molar-refractivity contribution in [1.29, 1.82) is 0 Å². The predicted molar refractivity (Wildman–Crippen MR) is 103 cm³/mol. The van der Waals surface area contributed by atoms with Crippen LogP contribution < -0.4 is 9.57 Å². The van der Waals surface area contributed by atoms with E-state index in [0.29, 0.717) is 11.6 Å². The van der Waals surface area contributed by atoms with E-state index in [1.54, 1.807) is 11.8 Å². The Hall–Kier alpha value is -2.98. The zero-order valence-electron chi connectivity index (χ0n) is 14.2. The summed E-state index contributed by atoms with van der Waals surface area (Å²) in [5.41, 5.74) is 3.80. The van der Waals surface area contributed by atoms with Crippen molar-refractivity contribution in [2.24, 2.45) is 0 Å². The number of ether oxygens (including phenoxy) is 1. The molecular weight excluding hydrogens is 348 g/mol. The zero-order chi connectivity index (χ0) is 17.9. The minimum Gasteiger partial charge on any atom is -0.497 e. The molecule has 0 fully saturated rings. The number of aromatic nitrogens is 2. The Morgan fingerprint density at radius 1 is 0.923 bits per heavy atom. The summed E-state index contributed by atoms with van der Waals surface area (Å²) >= 11 is 5.95. The molecule has 4 nitrogen and oxygen atoms in total. The molecule has 5 heteroatoms. The fourth-order valence-electron chi connectivity index (χ4n) is 2.78. The monoisotopic (exact) mass is 364 g/mol. The van der Waals surface area contributed by atoms with Gasteiger partial charge < -0.3 is 9.57 Å². The second kappa shape index (κ2) is 7.10. The Kier molecular flexibility index (Phi) is 4.50. The summed E-state index contributed by atoms with van der Waals surface area (Å²) in [5, 5.41) is 0.709. The highest BCUT2D eigenvalue weighted by Crippen LogP contribution is 2.26. The van der Waals surface area contributed by atoms with Crippen LogP contribution in [-0.2, 0) is 6.61 Å². The van der Waals surface area contributed by atoms with Crippen LogP contribution in [0.4, 0.5) is 0 Å². The molecule has 130 valence electrons. The largest absolute Gasteiger partial charge is 0.497 e. The number of hydrogen-bond acceptors (Lipinski definition) is 3. The molecule has 1 heterocycles. The molecule has 3 aromatic carbocycles. The molecule has 26 heavy (non-hydrogen) atoms. The summed E-state index contributed by atoms with van der Waals surface area (Å²) in [6, 6.07) is 23.3. The van der Waals surface area contributed by atoms with Gasteiger partial charge in [-0.15, -0.1) is 0 Å². The van der Waals surface area contributed by atoms with Crippen LogP contribution in [0.3, 0.4) is 0 Å². The average molecular weight is 365 g/mol. The topological polar surface area (TPSA) is 36.3 Å². The lowest BCUT2D eigenvalue weighted by Crippen LogP contribution is -2.12. The lowest BCUT2D eigenvalue weighted by molar-refractivity contribution is 0.110. The number of fused-ring (bicyclic) bond motifs is 1. The maximum atomic E-state index is 6.11. The third-order valence-electron chi connectivity index (χ3n) is 4.14. The van der Waals surface area contributed by atoms with E-state index in [1.165, 1.54) is 0 Å². The third-order valence-corrected chi connectivity index (χ3v) is 4.39. The van der Waals surface area contributed by atoms with Crippen molar-refractivity contribution in [1.82, 2.24) is 9.71 Å². The van der Waals surface area contributed by atoms with Crippen LogP contribution >= 0.6 is 11.6 Å². The van der Waals surface area contributed by atoms with Crippen LogP contribution in [0.1, 0.15) is 5.56 Å². The van der Waals surface area contributed by atoms with E-state index in [-0.39, 0.29) is 0 Å². The van der Waals surface area contributed by atoms with Gasteiger partial charge in [0, 0.05) is 10.6 Å². The van der Waals surface area contributed by atoms with Crippen LogP contribution in [0.15, 0.2) is 72.8 Å². The van der Waals surface area contributed by atoms with Crippen LogP contribution in [-0.4, -0.2) is 16.8 Å². The van der Waals surface area contributed by atoms with Gasteiger partial charge in [0.05, 0.1) is 12.6 Å². The highest BCUT2D eigenvalue weighted by molar-refractivity contribution is 6.30. The van der Waals surface area contributed by atoms with Crippen molar-refractivity contribution < 1.29 is 9.57 Å². The van der Waals surface area contributed by atoms with Gasteiger partial charge >= 0.3 is 0 Å². The maximum Gasteiger partial charge on any atom is 0.176 e. The zero-order valence-corrected chi connectivity index (χ0v) is 15.0. The first-order chi connectivity index (χ1) is 12.7. The highest BCUT2D eigenvalue weighted by atomic mass is 35.5. The Morgan fingerprint density at radius 3 is 2.38 bits per heavy atom. The fourth-order valence-corrected chi connectivity index (χ4v) is 2.90. The van der Waals surface area contributed by atoms with E-state index in [9.17, 15) is 0 Å². The van der Waals surface area contributed by atoms with Crippen molar-refractivity contribution in [2.75, 3.05) is 7.11 Å². The molecule has 0 saturated heterocycles. The molecule has 0 atom stereocenters. The molecule has 0 bridgehead atoms. The molecule has 1 aromatic heterocycles. The molecule has 0 saturated carbocycles. The van der Waals surface area contributed by atoms with E-state index in [2.05, 4.69) is 0 Å². The SMILES string of the molecule is COc1ccc(-c2nc3ccccc3n2OCc2ccc(Cl)cc2)cc1. The number of rotatable bonds is 5. The van der Waals surface area contributed by atoms with Crippen LogP contribution in [0.2, 0.25) is 5.02 Å². The summed E-state index contributed by atoms with van der Waals surface area (Å²) in [5.74, 6) is 1.56. The number of hydrogen-bond donors (Lipinski definition) is 0. The molecule has 4 rings (SSSR count). The van der Waals surface area contributed by atoms with Crippen LogP contribution in [0, 0.1) is 0 Å². The van der Waals surface area contributed by atoms with Crippen LogP contribution in [0.25, 0.3) is 22.4 Å². The molecule has 0 radical (unpaired) electrons. The summed E-state index contributed by atoms with van der Waals surface area (Å²) < 4.78 is 7.02. The van der Waals surface area contributed by atoms with Crippen LogP contribution in [0.5, 0.6) is 5.75 Å². The van der Waals surface area contributed by atoms with E-state index in [1.807, 2.05) is 72.8 Å². The molecular formula is C21H17ClN2O2. The number of para-hydroxylation sites is 2. The number of nitrogens with zero attached hydrogens (tertiary/aromatic N) is 2. The van der Waals surface area contributed by atoms with Gasteiger partial charge in [0.15, 0.2) is 5.82 Å². The van der Waals surface area contributed by atoms with Gasteiger partial charge in [-0.05, 0) is 54.1 Å². The van der Waals surface area contributed by atoms with E-state index in [0.717, 1.165) is 33.7 Å². The molecule has 0 aliphatic rings. The van der Waals surface area contributed by atoms with Crippen molar-refractivity contribution in [2.45, 2.75) is 6.61 Å². The Bertz CT molecular complexity index is 1020. The maximum absolute atomic E-state index is 6.11. The highest BCUT2D eigenvalue weighted by Gasteiger charge is 2.14. The first kappa shape index (κ1) is 16.5. The van der Waals surface area contributed by atoms with E-state index < -0.39 is 0 Å². The van der Waals surface area contributed by atoms with Crippen molar-refractivity contribution in [3.63, 3.8) is 0 Å². The molecule has 0 aliphatic heterocycles. The van der Waals surface area contributed by atoms with Gasteiger partial charge in [0.2, 0.25) is 0 Å². The lowest BCUT2D eigenvalue weighted by Gasteiger charge is -2.11. The summed E-state index contributed by atoms with van der Waals surface area (Å²) in [7, 11) is 1.65. The first-order valence-corrected chi connectivity index (χ1v) is 8.62. The Morgan fingerprint density at radius 2 is 1.65 bits per heavy atom. The van der Waals surface area contributed by atoms with Gasteiger partial charge in [-0.25, -0.2) is 4.98 Å². The molecule has 0 spiro atoms. The summed E-state index contributed by atoms with van der Waals surface area (Å²) in [6.07, 6.45) is 0. The molecule has 0 N–H and O–H groups in total. The molecule has 0 amide bonds. The van der Waals surface area contributed by atoms with E-state index in [4.69, 9.17) is 26.2 Å². The number of benzene rings is 3. The first-order valence-electron chi connectivity index (χ1n) is 8.24. The van der Waals surface area contributed by atoms with Crippen molar-refractivity contribution >= 4 is 22.6 Å². The van der Waals surface area contributed by atoms with Gasteiger partial charge in [0.1, 0.15) is 17.9 Å². The second-order valence-electron chi connectivity index (χ2n) is 5.85. The van der Waals surface area contributed by atoms with Gasteiger partial charge in [-0.3, -0.25) is 0 Å². The standard InChI is InChI=1S/C21H17ClN2O2/c1-25-18-12-8-16(9-13-18)21-23-19-4-2-3-5-20(19)24(21)26-14-15-6-10-17(22)11-7-15/h2-13H,14H2,1H3. The number of halogens is 1. The number of imidazole rings is 1. The fraction of sp³-hybridized carbons (Fsp3) is 0.0952. The Balaban J connectivity index is 1.72. The van der Waals surface area contributed by atoms with E-state index >= 15 is 0 Å². The van der Waals surface area contributed by atoms with Gasteiger partial charge in [-0.2, -0.15) is 4.73 Å². The quantitative estimate of drug-likeness (QED) is 0.500. The normalized spacial score (nSPS) is 10.8. The van der Waals surface area contributed by atoms with Crippen molar-refractivity contribution in [3.8, 4) is 17.1 Å². The molecule has 0 aliphatic carbocycles. The lowest BCUT2D eigenvalue weighted by atomic mass is 10.2. The van der Waals surface area contributed by atoms with Gasteiger partial charge in [-0.1, -0.05) is 35.9 Å². The predicted octanol–water partition coefficient (Wildman–Crippen LogP) is 4.99. The minimum absolute atomic E-state index is 0.417. The Labute approximate surface area is 156 Å². The molecule has 0 unspecified atom stereocenters. The molecule has 4 aromatic rings. The average Bonchev–Trinajstić information content (AvgIpc) is 3.06. The second-order valence-corrected chi connectivity index (χ2v) is 6.28. The smallest absolute Gasteiger partial charge is 0.176 e.